The predicted octanol–water partition coefficient (Wildman–Crippen LogP) is 1.30. The Bertz CT molecular complexity index is 477. The number of methoxy groups -OCH3 is 3. The number of hydrogen-bond acceptors (Lipinski definition) is 5. The zero-order valence-corrected chi connectivity index (χ0v) is 13.3. The van der Waals surface area contributed by atoms with Crippen LogP contribution >= 0.6 is 0 Å². The van der Waals surface area contributed by atoms with Crippen molar-refractivity contribution in [3.8, 4) is 17.2 Å². The first kappa shape index (κ1) is 17.1. The lowest BCUT2D eigenvalue weighted by Crippen LogP contribution is -2.32. The van der Waals surface area contributed by atoms with Crippen molar-refractivity contribution in [2.24, 2.45) is 5.92 Å². The van der Waals surface area contributed by atoms with E-state index in [0.717, 1.165) is 6.54 Å². The summed E-state index contributed by atoms with van der Waals surface area (Å²) in [5.74, 6) is 1.45. The lowest BCUT2D eigenvalue weighted by Gasteiger charge is -2.16. The minimum Gasteiger partial charge on any atom is -0.493 e. The Morgan fingerprint density at radius 2 is 1.76 bits per heavy atom. The van der Waals surface area contributed by atoms with Gasteiger partial charge in [0.25, 0.3) is 5.91 Å². The average molecular weight is 296 g/mol. The van der Waals surface area contributed by atoms with Crippen LogP contribution in [0.15, 0.2) is 12.1 Å². The van der Waals surface area contributed by atoms with E-state index >= 15 is 0 Å². The highest BCUT2D eigenvalue weighted by Gasteiger charge is 2.20. The van der Waals surface area contributed by atoms with Gasteiger partial charge in [-0.3, -0.25) is 4.79 Å². The Balaban J connectivity index is 2.94. The molecule has 21 heavy (non-hydrogen) atoms. The monoisotopic (exact) mass is 296 g/mol. The molecule has 0 aliphatic rings. The lowest BCUT2D eigenvalue weighted by molar-refractivity contribution is 0.0944. The third-order valence-corrected chi connectivity index (χ3v) is 3.11. The molecule has 1 amide bonds. The molecule has 1 rings (SSSR count). The van der Waals surface area contributed by atoms with E-state index in [-0.39, 0.29) is 5.91 Å². The minimum atomic E-state index is -0.198. The molecule has 0 aromatic heterocycles. The van der Waals surface area contributed by atoms with Crippen molar-refractivity contribution < 1.29 is 19.0 Å². The van der Waals surface area contributed by atoms with E-state index < -0.39 is 0 Å². The topological polar surface area (TPSA) is 68.8 Å². The Hall–Kier alpha value is -1.95. The average Bonchev–Trinajstić information content (AvgIpc) is 2.51. The van der Waals surface area contributed by atoms with Crippen LogP contribution in [-0.2, 0) is 0 Å². The summed E-state index contributed by atoms with van der Waals surface area (Å²) in [4.78, 5) is 12.3. The number of hydrogen-bond donors (Lipinski definition) is 2. The second-order valence-corrected chi connectivity index (χ2v) is 4.75. The van der Waals surface area contributed by atoms with E-state index in [1.807, 2.05) is 7.05 Å². The molecule has 1 aromatic rings. The van der Waals surface area contributed by atoms with Crippen LogP contribution in [0.1, 0.15) is 17.3 Å². The summed E-state index contributed by atoms with van der Waals surface area (Å²) >= 11 is 0. The molecule has 0 bridgehead atoms. The minimum absolute atomic E-state index is 0.198. The van der Waals surface area contributed by atoms with Gasteiger partial charge in [-0.1, -0.05) is 6.92 Å². The number of carbonyl (C=O) groups is 1. The molecule has 118 valence electrons. The molecule has 0 fully saturated rings. The molecular formula is C15H24N2O4. The summed E-state index contributed by atoms with van der Waals surface area (Å²) in [5, 5.41) is 5.97. The van der Waals surface area contributed by atoms with Gasteiger partial charge in [-0.05, 0) is 31.6 Å². The van der Waals surface area contributed by atoms with Gasteiger partial charge in [0, 0.05) is 6.54 Å². The second kappa shape index (κ2) is 8.36. The lowest BCUT2D eigenvalue weighted by atomic mass is 10.1. The normalized spacial score (nSPS) is 11.7. The molecule has 1 atom stereocenters. The van der Waals surface area contributed by atoms with E-state index in [0.29, 0.717) is 35.3 Å². The van der Waals surface area contributed by atoms with Crippen LogP contribution in [0.3, 0.4) is 0 Å². The van der Waals surface area contributed by atoms with Gasteiger partial charge in [0.05, 0.1) is 26.9 Å². The van der Waals surface area contributed by atoms with Crippen molar-refractivity contribution in [2.75, 3.05) is 41.5 Å². The fourth-order valence-electron chi connectivity index (χ4n) is 2.06. The van der Waals surface area contributed by atoms with E-state index in [2.05, 4.69) is 17.6 Å². The van der Waals surface area contributed by atoms with Crippen LogP contribution in [0.2, 0.25) is 0 Å². The third-order valence-electron chi connectivity index (χ3n) is 3.11. The number of amides is 1. The Labute approximate surface area is 125 Å². The van der Waals surface area contributed by atoms with Crippen molar-refractivity contribution in [3.05, 3.63) is 17.7 Å². The first-order chi connectivity index (χ1) is 10.1. The van der Waals surface area contributed by atoms with Crippen molar-refractivity contribution in [1.82, 2.24) is 10.6 Å². The Kier molecular flexibility index (Phi) is 6.81. The number of nitrogens with one attached hydrogen (secondary N) is 2. The molecule has 0 aliphatic carbocycles. The summed E-state index contributed by atoms with van der Waals surface area (Å²) in [6.07, 6.45) is 0. The molecule has 0 saturated heterocycles. The molecular weight excluding hydrogens is 272 g/mol. The van der Waals surface area contributed by atoms with E-state index in [1.165, 1.54) is 21.3 Å². The van der Waals surface area contributed by atoms with Crippen LogP contribution in [0.25, 0.3) is 0 Å². The van der Waals surface area contributed by atoms with Gasteiger partial charge in [-0.15, -0.1) is 0 Å². The van der Waals surface area contributed by atoms with Gasteiger partial charge < -0.3 is 24.8 Å². The van der Waals surface area contributed by atoms with E-state index in [1.54, 1.807) is 12.1 Å². The summed E-state index contributed by atoms with van der Waals surface area (Å²) in [6.45, 7) is 3.48. The maximum atomic E-state index is 12.3. The maximum Gasteiger partial charge on any atom is 0.255 e. The molecule has 0 radical (unpaired) electrons. The van der Waals surface area contributed by atoms with Crippen LogP contribution in [0.4, 0.5) is 0 Å². The molecule has 0 heterocycles. The summed E-state index contributed by atoms with van der Waals surface area (Å²) in [5.41, 5.74) is 0.423. The first-order valence-corrected chi connectivity index (χ1v) is 6.80. The van der Waals surface area contributed by atoms with Crippen LogP contribution in [-0.4, -0.2) is 47.4 Å². The Morgan fingerprint density at radius 1 is 1.10 bits per heavy atom. The van der Waals surface area contributed by atoms with Gasteiger partial charge >= 0.3 is 0 Å². The third kappa shape index (κ3) is 4.26. The molecule has 0 spiro atoms. The first-order valence-electron chi connectivity index (χ1n) is 6.80. The molecule has 0 saturated carbocycles. The van der Waals surface area contributed by atoms with Gasteiger partial charge in [-0.2, -0.15) is 0 Å². The molecule has 0 aliphatic heterocycles. The highest BCUT2D eigenvalue weighted by molar-refractivity contribution is 5.98. The van der Waals surface area contributed by atoms with Crippen LogP contribution in [0, 0.1) is 5.92 Å². The number of rotatable bonds is 8. The number of ether oxygens (including phenoxy) is 3. The zero-order valence-electron chi connectivity index (χ0n) is 13.3. The SMILES string of the molecule is CNCC(C)CNC(=O)c1ccc(OC)c(OC)c1OC. The highest BCUT2D eigenvalue weighted by atomic mass is 16.5. The van der Waals surface area contributed by atoms with Gasteiger partial charge in [0.1, 0.15) is 0 Å². The fourth-order valence-corrected chi connectivity index (χ4v) is 2.06. The number of benzene rings is 1. The van der Waals surface area contributed by atoms with Crippen LogP contribution in [0.5, 0.6) is 17.2 Å². The summed E-state index contributed by atoms with van der Waals surface area (Å²) in [6, 6.07) is 3.35. The van der Waals surface area contributed by atoms with Gasteiger partial charge in [0.15, 0.2) is 11.5 Å². The summed E-state index contributed by atoms with van der Waals surface area (Å²) < 4.78 is 15.8. The van der Waals surface area contributed by atoms with Gasteiger partial charge in [-0.25, -0.2) is 0 Å². The van der Waals surface area contributed by atoms with Gasteiger partial charge in [0.2, 0.25) is 5.75 Å². The fraction of sp³-hybridized carbons (Fsp3) is 0.533. The zero-order chi connectivity index (χ0) is 15.8. The quantitative estimate of drug-likeness (QED) is 0.757. The molecule has 6 heteroatoms. The molecule has 1 unspecified atom stereocenters. The number of carbonyl (C=O) groups excluding carboxylic acids is 1. The smallest absolute Gasteiger partial charge is 0.255 e. The predicted molar refractivity (Wildman–Crippen MR) is 81.5 cm³/mol. The summed E-state index contributed by atoms with van der Waals surface area (Å²) in [7, 11) is 6.43. The molecule has 1 aromatic carbocycles. The standard InChI is InChI=1S/C15H24N2O4/c1-10(8-16-2)9-17-15(18)11-6-7-12(19-3)14(21-5)13(11)20-4/h6-7,10,16H,8-9H2,1-5H3,(H,17,18). The van der Waals surface area contributed by atoms with Crippen molar-refractivity contribution in [3.63, 3.8) is 0 Å². The highest BCUT2D eigenvalue weighted by Crippen LogP contribution is 2.39. The van der Waals surface area contributed by atoms with Crippen molar-refractivity contribution in [2.45, 2.75) is 6.92 Å². The largest absolute Gasteiger partial charge is 0.493 e. The molecule has 2 N–H and O–H groups in total. The van der Waals surface area contributed by atoms with E-state index in [4.69, 9.17) is 14.2 Å². The second-order valence-electron chi connectivity index (χ2n) is 4.75. The van der Waals surface area contributed by atoms with Crippen LogP contribution < -0.4 is 24.8 Å². The Morgan fingerprint density at radius 3 is 2.29 bits per heavy atom. The van der Waals surface area contributed by atoms with E-state index in [9.17, 15) is 4.79 Å². The van der Waals surface area contributed by atoms with Crippen molar-refractivity contribution >= 4 is 5.91 Å². The van der Waals surface area contributed by atoms with Crippen molar-refractivity contribution in [1.29, 1.82) is 0 Å². The molecule has 6 nitrogen and oxygen atoms in total. The maximum absolute atomic E-state index is 12.3.